The van der Waals surface area contributed by atoms with E-state index in [0.717, 1.165) is 54.1 Å². The Labute approximate surface area is 203 Å². The Morgan fingerprint density at radius 2 is 1.91 bits per heavy atom. The SMILES string of the molecule is CC(C)CCNC(=O)NC(NC(=O)c1ncc(N2CCN(C)CC2)s1)c1c[nH]c2ccccc12. The summed E-state index contributed by atoms with van der Waals surface area (Å²) >= 11 is 1.38. The molecule has 10 heteroatoms. The van der Waals surface area contributed by atoms with E-state index in [4.69, 9.17) is 0 Å². The fourth-order valence-electron chi connectivity index (χ4n) is 3.92. The van der Waals surface area contributed by atoms with Crippen LogP contribution < -0.4 is 20.9 Å². The van der Waals surface area contributed by atoms with E-state index < -0.39 is 6.17 Å². The monoisotopic (exact) mass is 483 g/mol. The van der Waals surface area contributed by atoms with Gasteiger partial charge in [0.05, 0.1) is 6.20 Å². The summed E-state index contributed by atoms with van der Waals surface area (Å²) in [5, 5.41) is 11.1. The maximum Gasteiger partial charge on any atom is 0.316 e. The molecule has 0 radical (unpaired) electrons. The fourth-order valence-corrected chi connectivity index (χ4v) is 4.79. The van der Waals surface area contributed by atoms with Gasteiger partial charge in [0.25, 0.3) is 5.91 Å². The number of H-pyrrole nitrogens is 1. The van der Waals surface area contributed by atoms with Crippen molar-refractivity contribution in [3.63, 3.8) is 0 Å². The lowest BCUT2D eigenvalue weighted by Gasteiger charge is -2.32. The number of likely N-dealkylation sites (N-methyl/N-ethyl adjacent to an activating group) is 1. The Kier molecular flexibility index (Phi) is 7.69. The van der Waals surface area contributed by atoms with Gasteiger partial charge in [0.15, 0.2) is 5.01 Å². The van der Waals surface area contributed by atoms with E-state index in [9.17, 15) is 9.59 Å². The van der Waals surface area contributed by atoms with Crippen molar-refractivity contribution >= 4 is 39.2 Å². The molecule has 2 aromatic heterocycles. The second kappa shape index (κ2) is 10.9. The largest absolute Gasteiger partial charge is 0.361 e. The molecule has 9 nitrogen and oxygen atoms in total. The van der Waals surface area contributed by atoms with Crippen molar-refractivity contribution in [3.8, 4) is 0 Å². The lowest BCUT2D eigenvalue weighted by Crippen LogP contribution is -2.45. The highest BCUT2D eigenvalue weighted by molar-refractivity contribution is 7.17. The maximum atomic E-state index is 13.1. The third kappa shape index (κ3) is 5.87. The zero-order chi connectivity index (χ0) is 24.1. The predicted molar refractivity (Wildman–Crippen MR) is 136 cm³/mol. The molecule has 1 fully saturated rings. The van der Waals surface area contributed by atoms with Gasteiger partial charge in [-0.15, -0.1) is 0 Å². The van der Waals surface area contributed by atoms with Crippen LogP contribution in [0, 0.1) is 5.92 Å². The van der Waals surface area contributed by atoms with Gasteiger partial charge in [0.1, 0.15) is 11.2 Å². The standard InChI is InChI=1S/C24H33N7O2S/c1-16(2)8-9-25-24(33)29-21(18-14-26-19-7-5-4-6-17(18)19)28-22(32)23-27-15-20(34-23)31-12-10-30(3)11-13-31/h4-7,14-16,21,26H,8-13H2,1-3H3,(H,28,32)(H2,25,29,33). The number of carbonyl (C=O) groups is 2. The van der Waals surface area contributed by atoms with E-state index in [2.05, 4.69) is 56.6 Å². The average Bonchev–Trinajstić information content (AvgIpc) is 3.47. The predicted octanol–water partition coefficient (Wildman–Crippen LogP) is 3.15. The van der Waals surface area contributed by atoms with Gasteiger partial charge in [0, 0.05) is 55.4 Å². The highest BCUT2D eigenvalue weighted by Gasteiger charge is 2.24. The average molecular weight is 484 g/mol. The summed E-state index contributed by atoms with van der Waals surface area (Å²) in [4.78, 5) is 37.9. The number of para-hydroxylation sites is 1. The van der Waals surface area contributed by atoms with Gasteiger partial charge in [-0.25, -0.2) is 9.78 Å². The van der Waals surface area contributed by atoms with Gasteiger partial charge in [0.2, 0.25) is 0 Å². The van der Waals surface area contributed by atoms with E-state index in [1.54, 1.807) is 6.20 Å². The number of piperazine rings is 1. The van der Waals surface area contributed by atoms with E-state index in [-0.39, 0.29) is 11.9 Å². The van der Waals surface area contributed by atoms with Gasteiger partial charge in [-0.3, -0.25) is 4.79 Å². The van der Waals surface area contributed by atoms with Gasteiger partial charge >= 0.3 is 6.03 Å². The number of nitrogens with one attached hydrogen (secondary N) is 4. The molecule has 0 bridgehead atoms. The molecular formula is C24H33N7O2S. The first kappa shape index (κ1) is 24.0. The molecule has 1 saturated heterocycles. The van der Waals surface area contributed by atoms with Crippen LogP contribution in [0.15, 0.2) is 36.7 Å². The Morgan fingerprint density at radius 1 is 1.15 bits per heavy atom. The molecule has 4 rings (SSSR count). The zero-order valence-corrected chi connectivity index (χ0v) is 20.7. The first-order valence-corrected chi connectivity index (χ1v) is 12.5. The van der Waals surface area contributed by atoms with Crippen LogP contribution in [0.5, 0.6) is 0 Å². The second-order valence-corrected chi connectivity index (χ2v) is 10.1. The van der Waals surface area contributed by atoms with Crippen molar-refractivity contribution in [2.45, 2.75) is 26.4 Å². The van der Waals surface area contributed by atoms with E-state index in [0.29, 0.717) is 17.5 Å². The molecule has 4 N–H and O–H groups in total. The van der Waals surface area contributed by atoms with Crippen molar-refractivity contribution in [2.24, 2.45) is 5.92 Å². The van der Waals surface area contributed by atoms with Gasteiger partial charge < -0.3 is 30.7 Å². The number of aromatic nitrogens is 2. The molecule has 1 atom stereocenters. The summed E-state index contributed by atoms with van der Waals surface area (Å²) in [5.74, 6) is 0.173. The van der Waals surface area contributed by atoms with Crippen LogP contribution in [-0.4, -0.2) is 66.6 Å². The summed E-state index contributed by atoms with van der Waals surface area (Å²) in [7, 11) is 2.11. The van der Waals surface area contributed by atoms with Crippen molar-refractivity contribution in [1.29, 1.82) is 0 Å². The first-order chi connectivity index (χ1) is 16.4. The number of amides is 3. The molecule has 1 unspecified atom stereocenters. The van der Waals surface area contributed by atoms with Crippen LogP contribution in [0.25, 0.3) is 10.9 Å². The van der Waals surface area contributed by atoms with Gasteiger partial charge in [-0.2, -0.15) is 0 Å². The third-order valence-electron chi connectivity index (χ3n) is 5.99. The molecule has 0 spiro atoms. The van der Waals surface area contributed by atoms with Crippen LogP contribution in [0.4, 0.5) is 9.80 Å². The number of thiazole rings is 1. The van der Waals surface area contributed by atoms with Crippen molar-refractivity contribution in [3.05, 3.63) is 47.2 Å². The molecule has 0 aliphatic carbocycles. The molecule has 1 aliphatic heterocycles. The summed E-state index contributed by atoms with van der Waals surface area (Å²) in [6, 6.07) is 7.48. The van der Waals surface area contributed by atoms with Gasteiger partial charge in [-0.1, -0.05) is 43.4 Å². The van der Waals surface area contributed by atoms with Crippen LogP contribution in [0.3, 0.4) is 0 Å². The molecule has 3 aromatic rings. The van der Waals surface area contributed by atoms with Gasteiger partial charge in [-0.05, 0) is 25.5 Å². The summed E-state index contributed by atoms with van der Waals surface area (Å²) in [6.07, 6.45) is 3.75. The van der Waals surface area contributed by atoms with Crippen molar-refractivity contribution < 1.29 is 9.59 Å². The Balaban J connectivity index is 1.49. The van der Waals surface area contributed by atoms with Crippen molar-refractivity contribution in [1.82, 2.24) is 30.8 Å². The zero-order valence-electron chi connectivity index (χ0n) is 19.9. The number of hydrogen-bond acceptors (Lipinski definition) is 6. The number of hydrogen-bond donors (Lipinski definition) is 4. The molecule has 3 heterocycles. The minimum absolute atomic E-state index is 0.317. The number of benzene rings is 1. The Bertz CT molecular complexity index is 1120. The summed E-state index contributed by atoms with van der Waals surface area (Å²) in [6.45, 7) is 8.58. The number of anilines is 1. The number of nitrogens with zero attached hydrogens (tertiary/aromatic N) is 3. The van der Waals surface area contributed by atoms with Crippen LogP contribution in [-0.2, 0) is 0 Å². The van der Waals surface area contributed by atoms with Crippen LogP contribution in [0.1, 0.15) is 41.8 Å². The quantitative estimate of drug-likeness (QED) is 0.369. The number of rotatable bonds is 8. The lowest BCUT2D eigenvalue weighted by molar-refractivity contribution is 0.0931. The number of aromatic amines is 1. The number of fused-ring (bicyclic) bond motifs is 1. The highest BCUT2D eigenvalue weighted by Crippen LogP contribution is 2.26. The van der Waals surface area contributed by atoms with E-state index in [1.165, 1.54) is 11.3 Å². The molecule has 1 aromatic carbocycles. The first-order valence-electron chi connectivity index (χ1n) is 11.7. The number of carbonyl (C=O) groups excluding carboxylic acids is 2. The Morgan fingerprint density at radius 3 is 2.68 bits per heavy atom. The van der Waals surface area contributed by atoms with Crippen LogP contribution >= 0.6 is 11.3 Å². The van der Waals surface area contributed by atoms with Crippen molar-refractivity contribution in [2.75, 3.05) is 44.7 Å². The van der Waals surface area contributed by atoms with Crippen LogP contribution in [0.2, 0.25) is 0 Å². The van der Waals surface area contributed by atoms with E-state index >= 15 is 0 Å². The fraction of sp³-hybridized carbons (Fsp3) is 0.458. The summed E-state index contributed by atoms with van der Waals surface area (Å²) < 4.78 is 0. The maximum absolute atomic E-state index is 13.1. The molecule has 182 valence electrons. The molecular weight excluding hydrogens is 450 g/mol. The lowest BCUT2D eigenvalue weighted by atomic mass is 10.1. The molecule has 34 heavy (non-hydrogen) atoms. The smallest absolute Gasteiger partial charge is 0.316 e. The molecule has 0 saturated carbocycles. The molecule has 3 amide bonds. The second-order valence-electron chi connectivity index (χ2n) is 9.07. The Hall–Kier alpha value is -3.11. The summed E-state index contributed by atoms with van der Waals surface area (Å²) in [5.41, 5.74) is 1.73. The minimum atomic E-state index is -0.710. The topological polar surface area (TPSA) is 105 Å². The highest BCUT2D eigenvalue weighted by atomic mass is 32.1. The molecule has 1 aliphatic rings. The van der Waals surface area contributed by atoms with E-state index in [1.807, 2.05) is 30.5 Å². The normalized spacial score (nSPS) is 15.5. The third-order valence-corrected chi connectivity index (χ3v) is 7.05. The minimum Gasteiger partial charge on any atom is -0.361 e. The number of urea groups is 1.